The van der Waals surface area contributed by atoms with Crippen molar-refractivity contribution in [2.45, 2.75) is 38.1 Å². The van der Waals surface area contributed by atoms with Crippen molar-refractivity contribution in [3.05, 3.63) is 0 Å². The van der Waals surface area contributed by atoms with Crippen molar-refractivity contribution < 1.29 is 13.2 Å². The van der Waals surface area contributed by atoms with Gasteiger partial charge in [-0.2, -0.15) is 12.7 Å². The zero-order valence-electron chi connectivity index (χ0n) is 12.9. The summed E-state index contributed by atoms with van der Waals surface area (Å²) in [6.45, 7) is 1.47. The summed E-state index contributed by atoms with van der Waals surface area (Å²) in [4.78, 5) is 14.5. The van der Waals surface area contributed by atoms with E-state index < -0.39 is 10.2 Å². The summed E-state index contributed by atoms with van der Waals surface area (Å²) < 4.78 is 23.9. The highest BCUT2D eigenvalue weighted by molar-refractivity contribution is 7.86. The van der Waals surface area contributed by atoms with Gasteiger partial charge in [0.25, 0.3) is 10.2 Å². The van der Waals surface area contributed by atoms with Crippen LogP contribution in [0.15, 0.2) is 0 Å². The third-order valence-electron chi connectivity index (χ3n) is 5.67. The first kappa shape index (κ1) is 16.2. The molecule has 2 saturated carbocycles. The van der Waals surface area contributed by atoms with Gasteiger partial charge in [-0.25, -0.2) is 5.14 Å². The van der Waals surface area contributed by atoms with Crippen LogP contribution >= 0.6 is 0 Å². The van der Waals surface area contributed by atoms with E-state index in [0.29, 0.717) is 38.0 Å². The average Bonchev–Trinajstić information content (AvgIpc) is 2.45. The molecule has 3 fully saturated rings. The predicted octanol–water partition coefficient (Wildman–Crippen LogP) is -0.512. The molecule has 0 aromatic heterocycles. The Morgan fingerprint density at radius 1 is 1.00 bits per heavy atom. The van der Waals surface area contributed by atoms with Gasteiger partial charge in [0.15, 0.2) is 0 Å². The summed E-state index contributed by atoms with van der Waals surface area (Å²) in [7, 11) is -3.64. The molecule has 0 aromatic carbocycles. The van der Waals surface area contributed by atoms with Gasteiger partial charge >= 0.3 is 0 Å². The Bertz CT molecular complexity index is 516. The minimum Gasteiger partial charge on any atom is -0.340 e. The van der Waals surface area contributed by atoms with Gasteiger partial charge < -0.3 is 10.6 Å². The minimum atomic E-state index is -3.64. The maximum absolute atomic E-state index is 12.7. The maximum Gasteiger partial charge on any atom is 0.277 e. The van der Waals surface area contributed by atoms with Crippen molar-refractivity contribution in [2.75, 3.05) is 26.2 Å². The van der Waals surface area contributed by atoms with Crippen LogP contribution in [0.1, 0.15) is 32.1 Å². The molecule has 22 heavy (non-hydrogen) atoms. The van der Waals surface area contributed by atoms with E-state index >= 15 is 0 Å². The number of hydrogen-bond donors (Lipinski definition) is 2. The normalized spacial score (nSPS) is 37.1. The van der Waals surface area contributed by atoms with Crippen LogP contribution in [0.4, 0.5) is 0 Å². The fraction of sp³-hybridized carbons (Fsp3) is 0.929. The molecule has 7 nitrogen and oxygen atoms in total. The Balaban J connectivity index is 1.59. The average molecular weight is 330 g/mol. The molecule has 2 aliphatic carbocycles. The summed E-state index contributed by atoms with van der Waals surface area (Å²) in [5.41, 5.74) is 6.28. The van der Waals surface area contributed by atoms with Gasteiger partial charge in [0.05, 0.1) is 0 Å². The van der Waals surface area contributed by atoms with Gasteiger partial charge in [0, 0.05) is 38.1 Å². The minimum absolute atomic E-state index is 0.0659. The SMILES string of the molecule is NC1C2CCCC1CC(C(=O)N1CCN(S(N)(=O)=O)CC1)C2. The van der Waals surface area contributed by atoms with E-state index in [4.69, 9.17) is 10.9 Å². The van der Waals surface area contributed by atoms with E-state index in [1.807, 2.05) is 0 Å². The number of fused-ring (bicyclic) bond motifs is 2. The number of hydrogen-bond acceptors (Lipinski definition) is 4. The van der Waals surface area contributed by atoms with Crippen molar-refractivity contribution in [3.63, 3.8) is 0 Å². The number of rotatable bonds is 2. The Labute approximate surface area is 132 Å². The monoisotopic (exact) mass is 330 g/mol. The molecule has 1 heterocycles. The number of amides is 1. The van der Waals surface area contributed by atoms with Gasteiger partial charge in [-0.15, -0.1) is 0 Å². The summed E-state index contributed by atoms with van der Waals surface area (Å²) in [6.07, 6.45) is 5.30. The van der Waals surface area contributed by atoms with Gasteiger partial charge in [-0.05, 0) is 37.5 Å². The van der Waals surface area contributed by atoms with Crippen LogP contribution in [0.3, 0.4) is 0 Å². The van der Waals surface area contributed by atoms with Gasteiger partial charge in [-0.1, -0.05) is 6.42 Å². The molecular formula is C14H26N4O3S. The fourth-order valence-electron chi connectivity index (χ4n) is 4.41. The molecule has 8 heteroatoms. The first-order chi connectivity index (χ1) is 10.4. The lowest BCUT2D eigenvalue weighted by molar-refractivity contribution is -0.139. The number of nitrogens with zero attached hydrogens (tertiary/aromatic N) is 2. The molecule has 1 aliphatic heterocycles. The van der Waals surface area contributed by atoms with E-state index in [1.165, 1.54) is 10.7 Å². The summed E-state index contributed by atoms with van der Waals surface area (Å²) in [5, 5.41) is 5.13. The molecule has 3 rings (SSSR count). The largest absolute Gasteiger partial charge is 0.340 e. The van der Waals surface area contributed by atoms with Gasteiger partial charge in [0.1, 0.15) is 0 Å². The van der Waals surface area contributed by atoms with E-state index in [2.05, 4.69) is 0 Å². The van der Waals surface area contributed by atoms with Crippen molar-refractivity contribution >= 4 is 16.1 Å². The number of carbonyl (C=O) groups excluding carboxylic acids is 1. The quantitative estimate of drug-likeness (QED) is 0.710. The lowest BCUT2D eigenvalue weighted by Crippen LogP contribution is -2.55. The van der Waals surface area contributed by atoms with Crippen molar-refractivity contribution in [2.24, 2.45) is 28.6 Å². The smallest absolute Gasteiger partial charge is 0.277 e. The molecule has 0 radical (unpaired) electrons. The van der Waals surface area contributed by atoms with Crippen LogP contribution in [-0.2, 0) is 15.0 Å². The Morgan fingerprint density at radius 2 is 1.55 bits per heavy atom. The van der Waals surface area contributed by atoms with Crippen molar-refractivity contribution in [1.82, 2.24) is 9.21 Å². The number of nitrogens with two attached hydrogens (primary N) is 2. The standard InChI is InChI=1S/C14H26N4O3S/c15-13-10-2-1-3-11(13)9-12(8-10)14(19)17-4-6-18(7-5-17)22(16,20)21/h10-13H,1-9,15H2,(H2,16,20,21). The van der Waals surface area contributed by atoms with E-state index in [1.54, 1.807) is 4.90 Å². The molecule has 2 bridgehead atoms. The first-order valence-corrected chi connectivity index (χ1v) is 9.69. The number of piperazine rings is 1. The van der Waals surface area contributed by atoms with Crippen LogP contribution < -0.4 is 10.9 Å². The van der Waals surface area contributed by atoms with Crippen LogP contribution in [-0.4, -0.2) is 55.8 Å². The van der Waals surface area contributed by atoms with E-state index in [9.17, 15) is 13.2 Å². The Hall–Kier alpha value is -0.700. The zero-order valence-corrected chi connectivity index (χ0v) is 13.7. The van der Waals surface area contributed by atoms with Crippen LogP contribution in [0.25, 0.3) is 0 Å². The van der Waals surface area contributed by atoms with E-state index in [-0.39, 0.29) is 17.9 Å². The molecule has 0 aromatic rings. The highest BCUT2D eigenvalue weighted by atomic mass is 32.2. The summed E-state index contributed by atoms with van der Waals surface area (Å²) in [6, 6.07) is 0.261. The fourth-order valence-corrected chi connectivity index (χ4v) is 5.08. The second kappa shape index (κ2) is 6.07. The molecular weight excluding hydrogens is 304 g/mol. The lowest BCUT2D eigenvalue weighted by atomic mass is 9.65. The van der Waals surface area contributed by atoms with E-state index in [0.717, 1.165) is 25.7 Å². The molecule has 2 unspecified atom stereocenters. The number of carbonyl (C=O) groups is 1. The molecule has 126 valence electrons. The van der Waals surface area contributed by atoms with Gasteiger partial charge in [0.2, 0.25) is 5.91 Å². The third kappa shape index (κ3) is 3.15. The van der Waals surface area contributed by atoms with Crippen LogP contribution in [0.5, 0.6) is 0 Å². The lowest BCUT2D eigenvalue weighted by Gasteiger charge is -2.45. The highest BCUT2D eigenvalue weighted by Gasteiger charge is 2.42. The summed E-state index contributed by atoms with van der Waals surface area (Å²) in [5.74, 6) is 1.20. The van der Waals surface area contributed by atoms with Crippen molar-refractivity contribution in [1.29, 1.82) is 0 Å². The second-order valence-electron chi connectivity index (χ2n) is 6.97. The van der Waals surface area contributed by atoms with Crippen LogP contribution in [0, 0.1) is 17.8 Å². The van der Waals surface area contributed by atoms with Gasteiger partial charge in [-0.3, -0.25) is 4.79 Å². The zero-order chi connectivity index (χ0) is 15.9. The Morgan fingerprint density at radius 3 is 2.05 bits per heavy atom. The first-order valence-electron chi connectivity index (χ1n) is 8.18. The summed E-state index contributed by atoms with van der Waals surface area (Å²) >= 11 is 0. The second-order valence-corrected chi connectivity index (χ2v) is 8.51. The molecule has 3 aliphatic rings. The molecule has 0 spiro atoms. The molecule has 2 atom stereocenters. The Kier molecular flexibility index (Phi) is 4.46. The topological polar surface area (TPSA) is 110 Å². The van der Waals surface area contributed by atoms with Crippen molar-refractivity contribution in [3.8, 4) is 0 Å². The van der Waals surface area contributed by atoms with Crippen LogP contribution in [0.2, 0.25) is 0 Å². The predicted molar refractivity (Wildman–Crippen MR) is 82.8 cm³/mol. The highest BCUT2D eigenvalue weighted by Crippen LogP contribution is 2.42. The molecule has 1 saturated heterocycles. The third-order valence-corrected chi connectivity index (χ3v) is 6.76. The maximum atomic E-state index is 12.7. The molecule has 1 amide bonds. The molecule has 4 N–H and O–H groups in total.